The van der Waals surface area contributed by atoms with Gasteiger partial charge in [-0.15, -0.1) is 0 Å². The molecule has 1 aliphatic rings. The number of ether oxygens (including phenoxy) is 1. The normalized spacial score (nSPS) is 14.4. The summed E-state index contributed by atoms with van der Waals surface area (Å²) in [5.41, 5.74) is 1.37. The zero-order chi connectivity index (χ0) is 28.2. The summed E-state index contributed by atoms with van der Waals surface area (Å²) in [7, 11) is -6.61. The van der Waals surface area contributed by atoms with E-state index < -0.39 is 20.0 Å². The van der Waals surface area contributed by atoms with Gasteiger partial charge in [0.15, 0.2) is 0 Å². The highest BCUT2D eigenvalue weighted by molar-refractivity contribution is 7.93. The van der Waals surface area contributed by atoms with Crippen molar-refractivity contribution in [2.45, 2.75) is 42.4 Å². The first-order valence-electron chi connectivity index (χ1n) is 12.4. The van der Waals surface area contributed by atoms with Crippen LogP contribution in [0.4, 0.5) is 11.4 Å². The van der Waals surface area contributed by atoms with Crippen LogP contribution >= 0.6 is 11.6 Å². The number of hydrogen-bond acceptors (Lipinski definition) is 6. The first-order valence-corrected chi connectivity index (χ1v) is 15.7. The molecule has 2 N–H and O–H groups in total. The zero-order valence-corrected chi connectivity index (χ0v) is 24.0. The van der Waals surface area contributed by atoms with Gasteiger partial charge in [0, 0.05) is 23.8 Å². The Morgan fingerprint density at radius 3 is 2.08 bits per heavy atom. The minimum absolute atomic E-state index is 0.0559. The molecule has 1 heterocycles. The third-order valence-electron chi connectivity index (χ3n) is 6.47. The summed E-state index contributed by atoms with van der Waals surface area (Å²) in [5.74, 6) is 0.0167. The highest BCUT2D eigenvalue weighted by Gasteiger charge is 2.24. The van der Waals surface area contributed by atoms with Gasteiger partial charge in [0.1, 0.15) is 5.75 Å². The van der Waals surface area contributed by atoms with Crippen molar-refractivity contribution >= 4 is 48.9 Å². The van der Waals surface area contributed by atoms with Gasteiger partial charge in [0.05, 0.1) is 28.2 Å². The van der Waals surface area contributed by atoms with E-state index in [4.69, 9.17) is 16.3 Å². The molecule has 1 fully saturated rings. The molecule has 9 nitrogen and oxygen atoms in total. The fourth-order valence-electron chi connectivity index (χ4n) is 4.29. The number of likely N-dealkylation sites (tertiary alicyclic amines) is 1. The maximum Gasteiger partial charge on any atom is 0.261 e. The van der Waals surface area contributed by atoms with Crippen LogP contribution in [0.15, 0.2) is 70.5 Å². The van der Waals surface area contributed by atoms with Crippen LogP contribution in [0.2, 0.25) is 5.02 Å². The van der Waals surface area contributed by atoms with E-state index >= 15 is 0 Å². The molecule has 0 bridgehead atoms. The van der Waals surface area contributed by atoms with Crippen molar-refractivity contribution in [1.82, 2.24) is 4.90 Å². The Labute approximate surface area is 234 Å². The third-order valence-corrected chi connectivity index (χ3v) is 9.46. The molecule has 0 aromatic heterocycles. The molecular weight excluding hydrogens is 562 g/mol. The molecule has 12 heteroatoms. The number of benzene rings is 3. The SMILES string of the molecule is COc1ccc(S(=O)(=O)Nc2ccc(S(=O)(=O)Nc3cc(Cl)ccc3C)cc2)cc1C(=O)N1CCCCCC1. The quantitative estimate of drug-likeness (QED) is 0.368. The van der Waals surface area contributed by atoms with Crippen LogP contribution in [-0.2, 0) is 20.0 Å². The lowest BCUT2D eigenvalue weighted by molar-refractivity contribution is 0.0758. The van der Waals surface area contributed by atoms with Gasteiger partial charge < -0.3 is 9.64 Å². The van der Waals surface area contributed by atoms with E-state index in [1.165, 1.54) is 55.6 Å². The van der Waals surface area contributed by atoms with Gasteiger partial charge in [-0.3, -0.25) is 14.2 Å². The molecule has 208 valence electrons. The first-order chi connectivity index (χ1) is 18.5. The molecule has 0 atom stereocenters. The van der Waals surface area contributed by atoms with Gasteiger partial charge in [0.25, 0.3) is 26.0 Å². The summed E-state index contributed by atoms with van der Waals surface area (Å²) in [6.45, 7) is 2.97. The predicted molar refractivity (Wildman–Crippen MR) is 152 cm³/mol. The van der Waals surface area contributed by atoms with E-state index in [1.54, 1.807) is 24.0 Å². The minimum atomic E-state index is -4.10. The Bertz CT molecular complexity index is 1570. The van der Waals surface area contributed by atoms with E-state index in [1.807, 2.05) is 0 Å². The van der Waals surface area contributed by atoms with E-state index in [2.05, 4.69) is 9.44 Å². The highest BCUT2D eigenvalue weighted by Crippen LogP contribution is 2.28. The number of carbonyl (C=O) groups is 1. The Hall–Kier alpha value is -3.28. The summed E-state index contributed by atoms with van der Waals surface area (Å²) >= 11 is 5.99. The summed E-state index contributed by atoms with van der Waals surface area (Å²) in [6, 6.07) is 14.3. The molecule has 3 aromatic rings. The van der Waals surface area contributed by atoms with Crippen molar-refractivity contribution in [3.05, 3.63) is 76.8 Å². The monoisotopic (exact) mass is 591 g/mol. The summed E-state index contributed by atoms with van der Waals surface area (Å²) in [4.78, 5) is 14.8. The lowest BCUT2D eigenvalue weighted by Gasteiger charge is -2.22. The average Bonchev–Trinajstić information content (AvgIpc) is 3.20. The van der Waals surface area contributed by atoms with Crippen LogP contribution in [0, 0.1) is 6.92 Å². The number of rotatable bonds is 8. The molecule has 1 saturated heterocycles. The van der Waals surface area contributed by atoms with Crippen LogP contribution in [0.3, 0.4) is 0 Å². The fraction of sp³-hybridized carbons (Fsp3) is 0.296. The number of carbonyl (C=O) groups excluding carboxylic acids is 1. The fourth-order valence-corrected chi connectivity index (χ4v) is 6.67. The van der Waals surface area contributed by atoms with Gasteiger partial charge in [-0.2, -0.15) is 0 Å². The second-order valence-electron chi connectivity index (χ2n) is 9.26. The van der Waals surface area contributed by atoms with Crippen LogP contribution < -0.4 is 14.2 Å². The van der Waals surface area contributed by atoms with Gasteiger partial charge in [-0.25, -0.2) is 16.8 Å². The van der Waals surface area contributed by atoms with Crippen molar-refractivity contribution in [3.8, 4) is 5.75 Å². The third kappa shape index (κ3) is 6.84. The number of sulfonamides is 2. The number of hydrogen-bond donors (Lipinski definition) is 2. The summed E-state index contributed by atoms with van der Waals surface area (Å²) in [5, 5.41) is 0.387. The van der Waals surface area contributed by atoms with E-state index in [-0.39, 0.29) is 26.9 Å². The van der Waals surface area contributed by atoms with Gasteiger partial charge in [0.2, 0.25) is 0 Å². The molecule has 0 spiro atoms. The molecule has 4 rings (SSSR count). The Morgan fingerprint density at radius 1 is 0.821 bits per heavy atom. The van der Waals surface area contributed by atoms with Crippen molar-refractivity contribution in [3.63, 3.8) is 0 Å². The second kappa shape index (κ2) is 11.8. The second-order valence-corrected chi connectivity index (χ2v) is 13.1. The molecule has 1 amide bonds. The van der Waals surface area contributed by atoms with Crippen LogP contribution in [0.1, 0.15) is 41.6 Å². The molecular formula is C27H30ClN3O6S2. The summed E-state index contributed by atoms with van der Waals surface area (Å²) in [6.07, 6.45) is 3.90. The average molecular weight is 592 g/mol. The Kier molecular flexibility index (Phi) is 8.73. The molecule has 1 aliphatic heterocycles. The predicted octanol–water partition coefficient (Wildman–Crippen LogP) is 5.27. The largest absolute Gasteiger partial charge is 0.496 e. The molecule has 39 heavy (non-hydrogen) atoms. The van der Waals surface area contributed by atoms with Crippen molar-refractivity contribution < 1.29 is 26.4 Å². The maximum atomic E-state index is 13.2. The lowest BCUT2D eigenvalue weighted by atomic mass is 10.1. The van der Waals surface area contributed by atoms with Crippen molar-refractivity contribution in [2.75, 3.05) is 29.6 Å². The summed E-state index contributed by atoms with van der Waals surface area (Å²) < 4.78 is 62.4. The van der Waals surface area contributed by atoms with Crippen LogP contribution in [0.5, 0.6) is 5.75 Å². The van der Waals surface area contributed by atoms with E-state index in [9.17, 15) is 21.6 Å². The topological polar surface area (TPSA) is 122 Å². The van der Waals surface area contributed by atoms with Crippen LogP contribution in [-0.4, -0.2) is 47.8 Å². The number of amides is 1. The molecule has 0 radical (unpaired) electrons. The maximum absolute atomic E-state index is 13.2. The van der Waals surface area contributed by atoms with Gasteiger partial charge in [-0.05, 0) is 79.9 Å². The zero-order valence-electron chi connectivity index (χ0n) is 21.6. The van der Waals surface area contributed by atoms with Crippen LogP contribution in [0.25, 0.3) is 0 Å². The number of methoxy groups -OCH3 is 1. The number of halogens is 1. The molecule has 3 aromatic carbocycles. The standard InChI is InChI=1S/C27H30ClN3O6S2/c1-19-7-8-20(28)17-25(19)30-38(33,34)22-11-9-21(10-12-22)29-39(35,36)23-13-14-26(37-2)24(18-23)27(32)31-15-5-3-4-6-16-31/h7-14,17-18,29-30H,3-6,15-16H2,1-2H3. The Morgan fingerprint density at radius 2 is 1.44 bits per heavy atom. The number of aryl methyl sites for hydroxylation is 1. The molecule has 0 aliphatic carbocycles. The van der Waals surface area contributed by atoms with Crippen molar-refractivity contribution in [2.24, 2.45) is 0 Å². The Balaban J connectivity index is 1.54. The molecule has 0 unspecified atom stereocenters. The number of anilines is 2. The van der Waals surface area contributed by atoms with E-state index in [0.29, 0.717) is 35.1 Å². The smallest absolute Gasteiger partial charge is 0.261 e. The number of nitrogens with zero attached hydrogens (tertiary/aromatic N) is 1. The minimum Gasteiger partial charge on any atom is -0.496 e. The lowest BCUT2D eigenvalue weighted by Crippen LogP contribution is -2.32. The number of nitrogens with one attached hydrogen (secondary N) is 2. The van der Waals surface area contributed by atoms with E-state index in [0.717, 1.165) is 25.7 Å². The first kappa shape index (κ1) is 28.7. The van der Waals surface area contributed by atoms with Gasteiger partial charge >= 0.3 is 0 Å². The highest BCUT2D eigenvalue weighted by atomic mass is 35.5. The van der Waals surface area contributed by atoms with Crippen molar-refractivity contribution in [1.29, 1.82) is 0 Å². The molecule has 0 saturated carbocycles. The van der Waals surface area contributed by atoms with Gasteiger partial charge in [-0.1, -0.05) is 30.5 Å².